The van der Waals surface area contributed by atoms with Gasteiger partial charge in [-0.1, -0.05) is 20.4 Å². The second-order valence-corrected chi connectivity index (χ2v) is 7.08. The molecular formula is C19H28O8. The second kappa shape index (κ2) is 10.6. The summed E-state index contributed by atoms with van der Waals surface area (Å²) in [6.07, 6.45) is 0.229. The number of esters is 3. The number of ketones is 2. The number of carbonyl (C=O) groups is 5. The number of methoxy groups -OCH3 is 1. The number of ether oxygens (including phenoxy) is 3. The minimum Gasteiger partial charge on any atom is -0.469 e. The first-order valence-electron chi connectivity index (χ1n) is 8.44. The van der Waals surface area contributed by atoms with Crippen LogP contribution in [0.4, 0.5) is 0 Å². The van der Waals surface area contributed by atoms with Crippen molar-refractivity contribution in [3.05, 3.63) is 12.7 Å². The van der Waals surface area contributed by atoms with E-state index in [1.807, 2.05) is 0 Å². The maximum atomic E-state index is 12.0. The fraction of sp³-hybridized carbons (Fsp3) is 0.632. The highest BCUT2D eigenvalue weighted by Crippen LogP contribution is 2.32. The van der Waals surface area contributed by atoms with Gasteiger partial charge in [-0.15, -0.1) is 0 Å². The molecule has 0 unspecified atom stereocenters. The van der Waals surface area contributed by atoms with Gasteiger partial charge in [0, 0.05) is 17.9 Å². The van der Waals surface area contributed by atoms with Gasteiger partial charge in [0.1, 0.15) is 11.6 Å². The zero-order chi connectivity index (χ0) is 21.3. The molecule has 0 N–H and O–H groups in total. The van der Waals surface area contributed by atoms with E-state index in [0.29, 0.717) is 0 Å². The monoisotopic (exact) mass is 384 g/mol. The molecular weight excluding hydrogens is 356 g/mol. The summed E-state index contributed by atoms with van der Waals surface area (Å²) in [4.78, 5) is 58.8. The SMILES string of the molecule is C=CC(=O)OCC(C)(C)COC(=O)CCC(CC(=O)OC)(C(C)=O)C(C)=O. The molecule has 0 aromatic heterocycles. The molecule has 0 fully saturated rings. The minimum absolute atomic E-state index is 0.0261. The topological polar surface area (TPSA) is 113 Å². The fourth-order valence-electron chi connectivity index (χ4n) is 2.29. The van der Waals surface area contributed by atoms with Crippen molar-refractivity contribution in [3.63, 3.8) is 0 Å². The molecule has 0 aliphatic carbocycles. The van der Waals surface area contributed by atoms with Gasteiger partial charge < -0.3 is 14.2 Å². The van der Waals surface area contributed by atoms with Crippen LogP contribution in [0.3, 0.4) is 0 Å². The second-order valence-electron chi connectivity index (χ2n) is 7.08. The van der Waals surface area contributed by atoms with Crippen LogP contribution in [0.15, 0.2) is 12.7 Å². The first-order valence-corrected chi connectivity index (χ1v) is 8.44. The Bertz CT molecular complexity index is 589. The van der Waals surface area contributed by atoms with E-state index in [9.17, 15) is 24.0 Å². The molecule has 27 heavy (non-hydrogen) atoms. The Labute approximate surface area is 159 Å². The minimum atomic E-state index is -1.61. The molecule has 0 aliphatic heterocycles. The van der Waals surface area contributed by atoms with Gasteiger partial charge in [0.15, 0.2) is 0 Å². The number of hydrogen-bond donors (Lipinski definition) is 0. The van der Waals surface area contributed by atoms with Crippen LogP contribution < -0.4 is 0 Å². The summed E-state index contributed by atoms with van der Waals surface area (Å²) in [5.74, 6) is -2.94. The maximum absolute atomic E-state index is 12.0. The van der Waals surface area contributed by atoms with Crippen molar-refractivity contribution in [2.24, 2.45) is 10.8 Å². The lowest BCUT2D eigenvalue weighted by molar-refractivity contribution is -0.155. The number of carbonyl (C=O) groups excluding carboxylic acids is 5. The van der Waals surface area contributed by atoms with E-state index in [-0.39, 0.29) is 26.1 Å². The third-order valence-corrected chi connectivity index (χ3v) is 4.17. The molecule has 0 radical (unpaired) electrons. The van der Waals surface area contributed by atoms with Crippen LogP contribution in [-0.2, 0) is 38.2 Å². The summed E-state index contributed by atoms with van der Waals surface area (Å²) < 4.78 is 14.6. The Morgan fingerprint density at radius 2 is 1.44 bits per heavy atom. The molecule has 0 heterocycles. The molecule has 0 amide bonds. The summed E-state index contributed by atoms with van der Waals surface area (Å²) in [6, 6.07) is 0. The van der Waals surface area contributed by atoms with Gasteiger partial charge in [-0.25, -0.2) is 4.79 Å². The number of rotatable bonds is 12. The van der Waals surface area contributed by atoms with E-state index >= 15 is 0 Å². The molecule has 0 saturated carbocycles. The predicted octanol–water partition coefficient (Wildman–Crippen LogP) is 1.79. The molecule has 0 spiro atoms. The maximum Gasteiger partial charge on any atom is 0.330 e. The zero-order valence-corrected chi connectivity index (χ0v) is 16.6. The van der Waals surface area contributed by atoms with Crippen LogP contribution in [0, 0.1) is 10.8 Å². The van der Waals surface area contributed by atoms with E-state index < -0.39 is 46.7 Å². The molecule has 0 saturated heterocycles. The standard InChI is InChI=1S/C19H28O8/c1-7-15(22)26-11-18(4,5)12-27-16(23)8-9-19(13(2)20,14(3)21)10-17(24)25-6/h7H,1,8-12H2,2-6H3. The van der Waals surface area contributed by atoms with Crippen molar-refractivity contribution in [1.29, 1.82) is 0 Å². The Morgan fingerprint density at radius 3 is 1.89 bits per heavy atom. The van der Waals surface area contributed by atoms with E-state index in [1.54, 1.807) is 13.8 Å². The molecule has 0 bridgehead atoms. The van der Waals surface area contributed by atoms with Crippen LogP contribution in [0.1, 0.15) is 47.0 Å². The zero-order valence-electron chi connectivity index (χ0n) is 16.6. The first-order chi connectivity index (χ1) is 12.4. The molecule has 0 atom stereocenters. The average molecular weight is 384 g/mol. The number of hydrogen-bond acceptors (Lipinski definition) is 8. The van der Waals surface area contributed by atoms with Crippen molar-refractivity contribution >= 4 is 29.5 Å². The van der Waals surface area contributed by atoms with Crippen molar-refractivity contribution in [3.8, 4) is 0 Å². The van der Waals surface area contributed by atoms with Crippen LogP contribution in [0.2, 0.25) is 0 Å². The molecule has 0 aromatic carbocycles. The quantitative estimate of drug-likeness (QED) is 0.217. The third-order valence-electron chi connectivity index (χ3n) is 4.17. The average Bonchev–Trinajstić information content (AvgIpc) is 2.60. The number of Topliss-reactive ketones (excluding diaryl/α,β-unsaturated/α-hetero) is 2. The highest BCUT2D eigenvalue weighted by atomic mass is 16.5. The Kier molecular flexibility index (Phi) is 9.61. The van der Waals surface area contributed by atoms with Crippen LogP contribution in [0.5, 0.6) is 0 Å². The molecule has 0 rings (SSSR count). The van der Waals surface area contributed by atoms with Crippen LogP contribution in [0.25, 0.3) is 0 Å². The molecule has 8 nitrogen and oxygen atoms in total. The van der Waals surface area contributed by atoms with E-state index in [4.69, 9.17) is 9.47 Å². The van der Waals surface area contributed by atoms with Crippen LogP contribution in [-0.4, -0.2) is 49.8 Å². The van der Waals surface area contributed by atoms with Crippen LogP contribution >= 0.6 is 0 Å². The predicted molar refractivity (Wildman–Crippen MR) is 95.6 cm³/mol. The Balaban J connectivity index is 4.84. The summed E-state index contributed by atoms with van der Waals surface area (Å²) in [6.45, 7) is 9.17. The summed E-state index contributed by atoms with van der Waals surface area (Å²) in [7, 11) is 1.16. The lowest BCUT2D eigenvalue weighted by Gasteiger charge is -2.27. The third kappa shape index (κ3) is 8.15. The normalized spacial score (nSPS) is 11.3. The molecule has 0 aliphatic rings. The largest absolute Gasteiger partial charge is 0.469 e. The van der Waals surface area contributed by atoms with E-state index in [1.165, 1.54) is 13.8 Å². The highest BCUT2D eigenvalue weighted by molar-refractivity contribution is 6.07. The Morgan fingerprint density at radius 1 is 0.926 bits per heavy atom. The first kappa shape index (κ1) is 24.5. The van der Waals surface area contributed by atoms with Crippen molar-refractivity contribution in [2.75, 3.05) is 20.3 Å². The van der Waals surface area contributed by atoms with Gasteiger partial charge >= 0.3 is 17.9 Å². The van der Waals surface area contributed by atoms with E-state index in [2.05, 4.69) is 11.3 Å². The molecule has 152 valence electrons. The summed E-state index contributed by atoms with van der Waals surface area (Å²) >= 11 is 0. The molecule has 8 heteroatoms. The fourth-order valence-corrected chi connectivity index (χ4v) is 2.29. The lowest BCUT2D eigenvalue weighted by Crippen LogP contribution is -2.39. The van der Waals surface area contributed by atoms with Crippen molar-refractivity contribution in [1.82, 2.24) is 0 Å². The van der Waals surface area contributed by atoms with E-state index in [0.717, 1.165) is 13.2 Å². The van der Waals surface area contributed by atoms with Crippen molar-refractivity contribution < 1.29 is 38.2 Å². The van der Waals surface area contributed by atoms with Gasteiger partial charge in [0.25, 0.3) is 0 Å². The summed E-state index contributed by atoms with van der Waals surface area (Å²) in [5.41, 5.74) is -2.24. The smallest absolute Gasteiger partial charge is 0.330 e. The van der Waals surface area contributed by atoms with Gasteiger partial charge in [0.05, 0.1) is 32.2 Å². The van der Waals surface area contributed by atoms with Gasteiger partial charge in [-0.3, -0.25) is 19.2 Å². The highest BCUT2D eigenvalue weighted by Gasteiger charge is 2.43. The molecule has 0 aromatic rings. The van der Waals surface area contributed by atoms with Crippen molar-refractivity contribution in [2.45, 2.75) is 47.0 Å². The van der Waals surface area contributed by atoms with Gasteiger partial charge in [0.2, 0.25) is 0 Å². The van der Waals surface area contributed by atoms with Gasteiger partial charge in [-0.2, -0.15) is 0 Å². The lowest BCUT2D eigenvalue weighted by atomic mass is 9.73. The van der Waals surface area contributed by atoms with Gasteiger partial charge in [-0.05, 0) is 20.3 Å². The Hall–Kier alpha value is -2.51. The summed E-state index contributed by atoms with van der Waals surface area (Å²) in [5, 5.41) is 0.